The minimum absolute atomic E-state index is 0.0959. The largest absolute Gasteiger partial charge is 0.438 e. The molecule has 1 fully saturated rings. The van der Waals surface area contributed by atoms with Gasteiger partial charge in [-0.3, -0.25) is 9.48 Å². The molecule has 25 heavy (non-hydrogen) atoms. The number of alkyl halides is 5. The van der Waals surface area contributed by atoms with Gasteiger partial charge in [0, 0.05) is 18.6 Å². The quantitative estimate of drug-likeness (QED) is 0.809. The van der Waals surface area contributed by atoms with Crippen molar-refractivity contribution in [2.75, 3.05) is 0 Å². The summed E-state index contributed by atoms with van der Waals surface area (Å²) in [5.41, 5.74) is -4.01. The fourth-order valence-corrected chi connectivity index (χ4v) is 2.98. The molecule has 6 nitrogen and oxygen atoms in total. The zero-order valence-corrected chi connectivity index (χ0v) is 13.2. The van der Waals surface area contributed by atoms with E-state index in [9.17, 15) is 31.9 Å². The zero-order chi connectivity index (χ0) is 18.6. The molecule has 1 saturated carbocycles. The number of rotatable bonds is 4. The molecule has 0 spiro atoms. The lowest BCUT2D eigenvalue weighted by Crippen LogP contribution is -2.57. The van der Waals surface area contributed by atoms with Crippen LogP contribution in [-0.4, -0.2) is 43.9 Å². The zero-order valence-electron chi connectivity index (χ0n) is 12.5. The third kappa shape index (κ3) is 2.99. The highest BCUT2D eigenvalue weighted by atomic mass is 35.5. The molecular formula is C13H12ClF5N4O2. The van der Waals surface area contributed by atoms with E-state index in [1.807, 2.05) is 0 Å². The van der Waals surface area contributed by atoms with Gasteiger partial charge in [-0.15, -0.1) is 0 Å². The highest BCUT2D eigenvalue weighted by molar-refractivity contribution is 6.32. The Bertz CT molecular complexity index is 731. The molecule has 2 aliphatic rings. The van der Waals surface area contributed by atoms with Crippen molar-refractivity contribution in [2.45, 2.75) is 50.1 Å². The third-order valence-corrected chi connectivity index (χ3v) is 4.41. The molecule has 0 unspecified atom stereocenters. The van der Waals surface area contributed by atoms with Crippen molar-refractivity contribution in [3.63, 3.8) is 0 Å². The number of hydrogen-bond acceptors (Lipinski definition) is 4. The highest BCUT2D eigenvalue weighted by Gasteiger charge is 2.61. The summed E-state index contributed by atoms with van der Waals surface area (Å²) in [5.74, 6) is -1.42. The summed E-state index contributed by atoms with van der Waals surface area (Å²) in [4.78, 5) is 12.2. The fourth-order valence-electron chi connectivity index (χ4n) is 2.61. The molecule has 1 aromatic heterocycles. The molecule has 1 N–H and O–H groups in total. The molecule has 1 amide bonds. The Morgan fingerprint density at radius 1 is 1.44 bits per heavy atom. The standard InChI is InChI=1S/C13H12ClF5N4O2/c14-8-9(11(15)16)21-22(10(8)6-1-2-6)5-7(24)23-12(25,3-4-20-23)13(17,18)19/h4,6,11,25H,1-3,5H2/t12-/m1/s1. The maximum atomic E-state index is 13.0. The maximum Gasteiger partial charge on any atom is 0.438 e. The Labute approximate surface area is 142 Å². The molecule has 1 atom stereocenters. The van der Waals surface area contributed by atoms with Crippen LogP contribution in [0.1, 0.15) is 43.0 Å². The van der Waals surface area contributed by atoms with Gasteiger partial charge in [0.1, 0.15) is 12.2 Å². The normalized spacial score (nSPS) is 23.8. The number of hydrogen-bond donors (Lipinski definition) is 1. The topological polar surface area (TPSA) is 70.7 Å². The maximum absolute atomic E-state index is 13.0. The molecule has 12 heteroatoms. The van der Waals surface area contributed by atoms with Crippen molar-refractivity contribution in [1.29, 1.82) is 0 Å². The second-order valence-corrected chi connectivity index (χ2v) is 6.22. The van der Waals surface area contributed by atoms with Gasteiger partial charge >= 0.3 is 6.18 Å². The second kappa shape index (κ2) is 5.90. The van der Waals surface area contributed by atoms with Crippen LogP contribution in [0.25, 0.3) is 0 Å². The number of carbonyl (C=O) groups excluding carboxylic acids is 1. The van der Waals surface area contributed by atoms with Crippen LogP contribution in [-0.2, 0) is 11.3 Å². The predicted molar refractivity (Wildman–Crippen MR) is 75.1 cm³/mol. The average Bonchev–Trinajstić information content (AvgIpc) is 3.15. The van der Waals surface area contributed by atoms with E-state index in [-0.39, 0.29) is 21.6 Å². The number of nitrogens with zero attached hydrogens (tertiary/aromatic N) is 4. The molecule has 1 aliphatic heterocycles. The molecule has 3 rings (SSSR count). The van der Waals surface area contributed by atoms with Gasteiger partial charge in [-0.1, -0.05) is 11.6 Å². The number of amides is 1. The first-order chi connectivity index (χ1) is 11.6. The Balaban J connectivity index is 1.89. The SMILES string of the molecule is O=C(Cn1nc(C(F)F)c(Cl)c1C1CC1)N1N=CC[C@@]1(O)C(F)(F)F. The summed E-state index contributed by atoms with van der Waals surface area (Å²) in [6.45, 7) is -0.798. The first kappa shape index (κ1) is 18.1. The van der Waals surface area contributed by atoms with Gasteiger partial charge in [0.05, 0.1) is 10.7 Å². The number of halogens is 6. The van der Waals surface area contributed by atoms with Crippen molar-refractivity contribution in [3.05, 3.63) is 16.4 Å². The summed E-state index contributed by atoms with van der Waals surface area (Å²) >= 11 is 5.88. The van der Waals surface area contributed by atoms with Crippen LogP contribution in [0.2, 0.25) is 5.02 Å². The van der Waals surface area contributed by atoms with Gasteiger partial charge < -0.3 is 5.11 Å². The smallest absolute Gasteiger partial charge is 0.362 e. The lowest BCUT2D eigenvalue weighted by atomic mass is 10.1. The summed E-state index contributed by atoms with van der Waals surface area (Å²) in [6, 6.07) is 0. The summed E-state index contributed by atoms with van der Waals surface area (Å²) in [7, 11) is 0. The predicted octanol–water partition coefficient (Wildman–Crippen LogP) is 2.82. The molecule has 0 saturated heterocycles. The fraction of sp³-hybridized carbons (Fsp3) is 0.615. The Kier molecular flexibility index (Phi) is 4.26. The molecule has 0 aromatic carbocycles. The van der Waals surface area contributed by atoms with Crippen LogP contribution in [0.3, 0.4) is 0 Å². The van der Waals surface area contributed by atoms with E-state index >= 15 is 0 Å². The van der Waals surface area contributed by atoms with Gasteiger partial charge in [-0.25, -0.2) is 8.78 Å². The van der Waals surface area contributed by atoms with Gasteiger partial charge in [0.15, 0.2) is 0 Å². The van der Waals surface area contributed by atoms with Crippen LogP contribution in [0.15, 0.2) is 5.10 Å². The number of aromatic nitrogens is 2. The minimum atomic E-state index is -5.13. The summed E-state index contributed by atoms with van der Waals surface area (Å²) < 4.78 is 65.8. The van der Waals surface area contributed by atoms with E-state index in [4.69, 9.17) is 11.6 Å². The van der Waals surface area contributed by atoms with Crippen LogP contribution in [0, 0.1) is 0 Å². The van der Waals surface area contributed by atoms with Crippen LogP contribution < -0.4 is 0 Å². The van der Waals surface area contributed by atoms with E-state index < -0.39 is 42.9 Å². The lowest BCUT2D eigenvalue weighted by Gasteiger charge is -2.32. The van der Waals surface area contributed by atoms with Crippen molar-refractivity contribution in [2.24, 2.45) is 5.10 Å². The molecule has 0 radical (unpaired) electrons. The van der Waals surface area contributed by atoms with E-state index in [0.29, 0.717) is 12.8 Å². The van der Waals surface area contributed by atoms with Gasteiger partial charge in [0.2, 0.25) is 0 Å². The van der Waals surface area contributed by atoms with Crippen molar-refractivity contribution >= 4 is 23.7 Å². The van der Waals surface area contributed by atoms with E-state index in [1.54, 1.807) is 0 Å². The third-order valence-electron chi connectivity index (χ3n) is 4.03. The van der Waals surface area contributed by atoms with E-state index in [0.717, 1.165) is 10.9 Å². The Morgan fingerprint density at radius 3 is 2.60 bits per heavy atom. The highest BCUT2D eigenvalue weighted by Crippen LogP contribution is 2.46. The summed E-state index contributed by atoms with van der Waals surface area (Å²) in [6.07, 6.45) is -6.98. The van der Waals surface area contributed by atoms with Gasteiger partial charge in [-0.05, 0) is 12.8 Å². The van der Waals surface area contributed by atoms with E-state index in [1.165, 1.54) is 0 Å². The number of aliphatic hydroxyl groups is 1. The second-order valence-electron chi connectivity index (χ2n) is 5.84. The number of carbonyl (C=O) groups is 1. The molecular weight excluding hydrogens is 375 g/mol. The minimum Gasteiger partial charge on any atom is -0.362 e. The molecule has 2 heterocycles. The van der Waals surface area contributed by atoms with Crippen molar-refractivity contribution < 1.29 is 31.9 Å². The average molecular weight is 387 g/mol. The lowest BCUT2D eigenvalue weighted by molar-refractivity contribution is -0.302. The Hall–Kier alpha value is -1.75. The van der Waals surface area contributed by atoms with Crippen LogP contribution in [0.5, 0.6) is 0 Å². The van der Waals surface area contributed by atoms with Crippen LogP contribution in [0.4, 0.5) is 22.0 Å². The van der Waals surface area contributed by atoms with Gasteiger partial charge in [0.25, 0.3) is 18.1 Å². The molecule has 0 bridgehead atoms. The summed E-state index contributed by atoms with van der Waals surface area (Å²) in [5, 5.41) is 16.2. The molecule has 1 aromatic rings. The van der Waals surface area contributed by atoms with Crippen LogP contribution >= 0.6 is 11.6 Å². The van der Waals surface area contributed by atoms with E-state index in [2.05, 4.69) is 10.2 Å². The number of hydrazone groups is 1. The molecule has 1 aliphatic carbocycles. The van der Waals surface area contributed by atoms with Gasteiger partial charge in [-0.2, -0.15) is 28.4 Å². The first-order valence-corrected chi connectivity index (χ1v) is 7.63. The van der Waals surface area contributed by atoms with Crippen molar-refractivity contribution in [3.8, 4) is 0 Å². The first-order valence-electron chi connectivity index (χ1n) is 7.25. The molecule has 138 valence electrons. The Morgan fingerprint density at radius 2 is 2.08 bits per heavy atom. The van der Waals surface area contributed by atoms with Crippen molar-refractivity contribution in [1.82, 2.24) is 14.8 Å². The monoisotopic (exact) mass is 386 g/mol.